The van der Waals surface area contributed by atoms with Gasteiger partial charge < -0.3 is 15.3 Å². The van der Waals surface area contributed by atoms with Crippen molar-refractivity contribution in [3.05, 3.63) is 0 Å². The van der Waals surface area contributed by atoms with Crippen molar-refractivity contribution >= 4 is 17.5 Å². The molecule has 6 nitrogen and oxygen atoms in total. The summed E-state index contributed by atoms with van der Waals surface area (Å²) in [6.07, 6.45) is -2.32. The normalized spacial score (nSPS) is 16.9. The Hall–Kier alpha value is -1.27. The summed E-state index contributed by atoms with van der Waals surface area (Å²) >= 11 is 0. The fourth-order valence-corrected chi connectivity index (χ4v) is 0.751. The molecule has 14 heavy (non-hydrogen) atoms. The van der Waals surface area contributed by atoms with Gasteiger partial charge in [-0.15, -0.1) is 0 Å². The smallest absolute Gasteiger partial charge is 0.344 e. The number of carbonyl (C=O) groups is 3. The van der Waals surface area contributed by atoms with Crippen molar-refractivity contribution in [2.24, 2.45) is 0 Å². The number of carboxylic acid groups (broad SMARTS) is 1. The van der Waals surface area contributed by atoms with E-state index in [0.29, 0.717) is 0 Å². The first-order chi connectivity index (χ1) is 6.21. The molecule has 0 spiro atoms. The highest BCUT2D eigenvalue weighted by molar-refractivity contribution is 6.08. The van der Waals surface area contributed by atoms with Crippen LogP contribution in [0.5, 0.6) is 0 Å². The van der Waals surface area contributed by atoms with E-state index in [1.54, 1.807) is 0 Å². The maximum atomic E-state index is 10.9. The number of hydrogen-bond acceptors (Lipinski definition) is 5. The number of aliphatic hydroxyl groups excluding tert-OH is 1. The minimum atomic E-state index is -2.73. The van der Waals surface area contributed by atoms with Gasteiger partial charge >= 0.3 is 5.97 Å². The van der Waals surface area contributed by atoms with Gasteiger partial charge in [-0.1, -0.05) is 0 Å². The molecule has 0 radical (unpaired) electrons. The third-order valence-electron chi connectivity index (χ3n) is 1.83. The Morgan fingerprint density at radius 1 is 1.36 bits per heavy atom. The Kier molecular flexibility index (Phi) is 3.91. The molecular formula is C8H12O6. The molecule has 0 amide bonds. The SMILES string of the molecule is CC(=O)C(O)(CC(=O)C(C)O)C(=O)O. The zero-order valence-corrected chi connectivity index (χ0v) is 7.85. The fourth-order valence-electron chi connectivity index (χ4n) is 0.751. The monoisotopic (exact) mass is 204 g/mol. The van der Waals surface area contributed by atoms with Gasteiger partial charge in [-0.05, 0) is 13.8 Å². The van der Waals surface area contributed by atoms with Crippen LogP contribution < -0.4 is 0 Å². The van der Waals surface area contributed by atoms with Crippen molar-refractivity contribution in [1.82, 2.24) is 0 Å². The molecule has 2 unspecified atom stereocenters. The van der Waals surface area contributed by atoms with E-state index < -0.39 is 35.7 Å². The molecule has 0 aromatic carbocycles. The molecule has 0 saturated carbocycles. The number of rotatable bonds is 5. The lowest BCUT2D eigenvalue weighted by Crippen LogP contribution is -2.48. The summed E-state index contributed by atoms with van der Waals surface area (Å²) in [6, 6.07) is 0. The predicted octanol–water partition coefficient (Wildman–Crippen LogP) is -1.27. The van der Waals surface area contributed by atoms with Crippen molar-refractivity contribution in [3.8, 4) is 0 Å². The second kappa shape index (κ2) is 4.30. The van der Waals surface area contributed by atoms with Gasteiger partial charge in [0.15, 0.2) is 11.6 Å². The van der Waals surface area contributed by atoms with Crippen LogP contribution in [0, 0.1) is 0 Å². The average Bonchev–Trinajstić information content (AvgIpc) is 2.02. The van der Waals surface area contributed by atoms with Crippen LogP contribution in [-0.2, 0) is 14.4 Å². The van der Waals surface area contributed by atoms with Gasteiger partial charge in [0.25, 0.3) is 0 Å². The molecular weight excluding hydrogens is 192 g/mol. The van der Waals surface area contributed by atoms with E-state index in [0.717, 1.165) is 13.8 Å². The Balaban J connectivity index is 4.80. The largest absolute Gasteiger partial charge is 0.479 e. The van der Waals surface area contributed by atoms with Gasteiger partial charge in [-0.3, -0.25) is 9.59 Å². The lowest BCUT2D eigenvalue weighted by molar-refractivity contribution is -0.167. The van der Waals surface area contributed by atoms with Crippen LogP contribution in [0.1, 0.15) is 20.3 Å². The second-order valence-corrected chi connectivity index (χ2v) is 3.04. The summed E-state index contributed by atoms with van der Waals surface area (Å²) in [6.45, 7) is 1.99. The van der Waals surface area contributed by atoms with Crippen LogP contribution in [0.2, 0.25) is 0 Å². The second-order valence-electron chi connectivity index (χ2n) is 3.04. The summed E-state index contributed by atoms with van der Waals surface area (Å²) < 4.78 is 0. The number of hydrogen-bond donors (Lipinski definition) is 3. The van der Waals surface area contributed by atoms with Crippen LogP contribution in [0.25, 0.3) is 0 Å². The number of aliphatic carboxylic acids is 1. The summed E-state index contributed by atoms with van der Waals surface area (Å²) in [4.78, 5) is 32.3. The first kappa shape index (κ1) is 12.7. The predicted molar refractivity (Wildman–Crippen MR) is 44.6 cm³/mol. The molecule has 0 heterocycles. The third kappa shape index (κ3) is 2.61. The molecule has 80 valence electrons. The fraction of sp³-hybridized carbons (Fsp3) is 0.625. The molecule has 0 fully saturated rings. The van der Waals surface area contributed by atoms with E-state index >= 15 is 0 Å². The first-order valence-electron chi connectivity index (χ1n) is 3.89. The van der Waals surface area contributed by atoms with Crippen LogP contribution in [-0.4, -0.2) is 44.6 Å². The van der Waals surface area contributed by atoms with Crippen molar-refractivity contribution in [3.63, 3.8) is 0 Å². The highest BCUT2D eigenvalue weighted by Gasteiger charge is 2.43. The summed E-state index contributed by atoms with van der Waals surface area (Å²) in [5.41, 5.74) is -2.73. The van der Waals surface area contributed by atoms with E-state index in [1.807, 2.05) is 0 Å². The topological polar surface area (TPSA) is 112 Å². The minimum absolute atomic E-state index is 0.865. The number of aliphatic hydroxyl groups is 2. The molecule has 0 aliphatic carbocycles. The molecule has 6 heteroatoms. The van der Waals surface area contributed by atoms with Crippen molar-refractivity contribution in [1.29, 1.82) is 0 Å². The van der Waals surface area contributed by atoms with Crippen LogP contribution in [0.3, 0.4) is 0 Å². The molecule has 0 aliphatic rings. The quantitative estimate of drug-likeness (QED) is 0.481. The molecule has 0 aliphatic heterocycles. The summed E-state index contributed by atoms with van der Waals surface area (Å²) in [7, 11) is 0. The van der Waals surface area contributed by atoms with E-state index in [-0.39, 0.29) is 0 Å². The molecule has 3 N–H and O–H groups in total. The Labute approximate surface area is 80.2 Å². The van der Waals surface area contributed by atoms with Crippen LogP contribution in [0.4, 0.5) is 0 Å². The van der Waals surface area contributed by atoms with Gasteiger partial charge in [0.05, 0.1) is 6.42 Å². The highest BCUT2D eigenvalue weighted by atomic mass is 16.4. The maximum absolute atomic E-state index is 10.9. The summed E-state index contributed by atoms with van der Waals surface area (Å²) in [5.74, 6) is -3.73. The number of carbonyl (C=O) groups excluding carboxylic acids is 2. The van der Waals surface area contributed by atoms with Gasteiger partial charge in [0.2, 0.25) is 5.60 Å². The molecule has 0 aromatic heterocycles. The zero-order valence-electron chi connectivity index (χ0n) is 7.85. The number of ketones is 2. The van der Waals surface area contributed by atoms with Gasteiger partial charge in [-0.25, -0.2) is 4.79 Å². The van der Waals surface area contributed by atoms with E-state index in [4.69, 9.17) is 10.2 Å². The van der Waals surface area contributed by atoms with Crippen LogP contribution >= 0.6 is 0 Å². The Bertz CT molecular complexity index is 253. The molecule has 0 rings (SSSR count). The molecule has 0 bridgehead atoms. The standard InChI is InChI=1S/C8H12O6/c1-4(9)6(11)3-8(14,5(2)10)7(12)13/h4,9,14H,3H2,1-2H3,(H,12,13). The van der Waals surface area contributed by atoms with Gasteiger partial charge in [0, 0.05) is 0 Å². The number of carboxylic acids is 1. The molecule has 0 aromatic rings. The van der Waals surface area contributed by atoms with E-state index in [9.17, 15) is 19.5 Å². The van der Waals surface area contributed by atoms with E-state index in [1.165, 1.54) is 0 Å². The molecule has 2 atom stereocenters. The maximum Gasteiger partial charge on any atom is 0.344 e. The van der Waals surface area contributed by atoms with Crippen molar-refractivity contribution < 1.29 is 29.7 Å². The van der Waals surface area contributed by atoms with Crippen molar-refractivity contribution in [2.45, 2.75) is 32.0 Å². The average molecular weight is 204 g/mol. The van der Waals surface area contributed by atoms with Gasteiger partial charge in [-0.2, -0.15) is 0 Å². The minimum Gasteiger partial charge on any atom is -0.479 e. The lowest BCUT2D eigenvalue weighted by atomic mass is 9.91. The van der Waals surface area contributed by atoms with Gasteiger partial charge in [0.1, 0.15) is 6.10 Å². The highest BCUT2D eigenvalue weighted by Crippen LogP contribution is 2.14. The Morgan fingerprint density at radius 3 is 2.00 bits per heavy atom. The third-order valence-corrected chi connectivity index (χ3v) is 1.83. The number of Topliss-reactive ketones (excluding diaryl/α,β-unsaturated/α-hetero) is 2. The summed E-state index contributed by atoms with van der Waals surface area (Å²) in [5, 5.41) is 26.6. The van der Waals surface area contributed by atoms with Crippen LogP contribution in [0.15, 0.2) is 0 Å². The lowest BCUT2D eigenvalue weighted by Gasteiger charge is -2.19. The van der Waals surface area contributed by atoms with E-state index in [2.05, 4.69) is 0 Å². The zero-order chi connectivity index (χ0) is 11.5. The molecule has 0 saturated heterocycles. The van der Waals surface area contributed by atoms with Crippen molar-refractivity contribution in [2.75, 3.05) is 0 Å². The Morgan fingerprint density at radius 2 is 1.79 bits per heavy atom. The first-order valence-corrected chi connectivity index (χ1v) is 3.89.